The van der Waals surface area contributed by atoms with Gasteiger partial charge in [0.1, 0.15) is 5.76 Å². The van der Waals surface area contributed by atoms with Gasteiger partial charge < -0.3 is 4.42 Å². The molecule has 4 heteroatoms. The van der Waals surface area contributed by atoms with Crippen molar-refractivity contribution in [2.24, 2.45) is 0 Å². The number of benzene rings is 3. The average molecular weight is 482 g/mol. The third-order valence-electron chi connectivity index (χ3n) is 4.26. The van der Waals surface area contributed by atoms with Gasteiger partial charge >= 0.3 is 0 Å². The molecule has 0 atom stereocenters. The fraction of sp³-hybridized carbons (Fsp3) is 0. The first kappa shape index (κ1) is 18.0. The summed E-state index contributed by atoms with van der Waals surface area (Å²) in [5.74, 6) is 0.882. The van der Waals surface area contributed by atoms with Crippen molar-refractivity contribution in [2.75, 3.05) is 0 Å². The third kappa shape index (κ3) is 3.82. The fourth-order valence-corrected chi connectivity index (χ4v) is 3.41. The first-order chi connectivity index (χ1) is 13.1. The predicted octanol–water partition coefficient (Wildman–Crippen LogP) is 7.37. The molecular formula is C23H14Br2O2. The number of hydrogen-bond acceptors (Lipinski definition) is 2. The van der Waals surface area contributed by atoms with Gasteiger partial charge in [-0.1, -0.05) is 74.3 Å². The smallest absolute Gasteiger partial charge is 0.228 e. The molecular weight excluding hydrogens is 468 g/mol. The molecule has 0 unspecified atom stereocenters. The summed E-state index contributed by atoms with van der Waals surface area (Å²) in [7, 11) is 0. The van der Waals surface area contributed by atoms with E-state index in [1.165, 1.54) is 0 Å². The van der Waals surface area contributed by atoms with E-state index in [1.54, 1.807) is 12.1 Å². The predicted molar refractivity (Wildman–Crippen MR) is 115 cm³/mol. The Bertz CT molecular complexity index is 1080. The lowest BCUT2D eigenvalue weighted by atomic mass is 10.0. The van der Waals surface area contributed by atoms with E-state index in [0.29, 0.717) is 17.1 Å². The minimum atomic E-state index is -0.135. The number of carbonyl (C=O) groups is 1. The van der Waals surface area contributed by atoms with Gasteiger partial charge in [0.05, 0.1) is 0 Å². The van der Waals surface area contributed by atoms with Crippen LogP contribution in [-0.2, 0) is 0 Å². The summed E-state index contributed by atoms with van der Waals surface area (Å²) < 4.78 is 7.99. The zero-order chi connectivity index (χ0) is 18.8. The van der Waals surface area contributed by atoms with E-state index >= 15 is 0 Å². The van der Waals surface area contributed by atoms with Crippen LogP contribution in [0.1, 0.15) is 16.1 Å². The molecule has 132 valence electrons. The highest BCUT2D eigenvalue weighted by Gasteiger charge is 2.21. The van der Waals surface area contributed by atoms with Crippen LogP contribution in [0.3, 0.4) is 0 Å². The van der Waals surface area contributed by atoms with E-state index in [1.807, 2.05) is 72.8 Å². The van der Waals surface area contributed by atoms with Crippen LogP contribution in [0, 0.1) is 0 Å². The van der Waals surface area contributed by atoms with Gasteiger partial charge in [0.15, 0.2) is 5.76 Å². The van der Waals surface area contributed by atoms with Gasteiger partial charge in [0.25, 0.3) is 0 Å². The first-order valence-corrected chi connectivity index (χ1v) is 9.96. The van der Waals surface area contributed by atoms with Gasteiger partial charge in [-0.05, 0) is 48.0 Å². The van der Waals surface area contributed by atoms with Gasteiger partial charge in [-0.3, -0.25) is 4.79 Å². The highest BCUT2D eigenvalue weighted by Crippen LogP contribution is 2.34. The summed E-state index contributed by atoms with van der Waals surface area (Å²) in [5.41, 5.74) is 3.25. The highest BCUT2D eigenvalue weighted by molar-refractivity contribution is 9.10. The normalized spacial score (nSPS) is 10.7. The highest BCUT2D eigenvalue weighted by atomic mass is 79.9. The molecule has 27 heavy (non-hydrogen) atoms. The van der Waals surface area contributed by atoms with Crippen molar-refractivity contribution in [2.45, 2.75) is 0 Å². The molecule has 1 aromatic heterocycles. The summed E-state index contributed by atoms with van der Waals surface area (Å²) in [4.78, 5) is 13.1. The number of carbonyl (C=O) groups excluding carboxylic acids is 1. The molecule has 4 aromatic rings. The molecule has 0 spiro atoms. The van der Waals surface area contributed by atoms with Crippen LogP contribution >= 0.6 is 31.9 Å². The van der Waals surface area contributed by atoms with E-state index in [-0.39, 0.29) is 5.78 Å². The van der Waals surface area contributed by atoms with E-state index in [4.69, 9.17) is 4.42 Å². The Labute approximate surface area is 174 Å². The van der Waals surface area contributed by atoms with E-state index in [0.717, 1.165) is 25.6 Å². The zero-order valence-electron chi connectivity index (χ0n) is 14.2. The lowest BCUT2D eigenvalue weighted by molar-refractivity contribution is 0.101. The second-order valence-corrected chi connectivity index (χ2v) is 7.89. The average Bonchev–Trinajstić information content (AvgIpc) is 3.15. The summed E-state index contributed by atoms with van der Waals surface area (Å²) >= 11 is 6.85. The van der Waals surface area contributed by atoms with Crippen LogP contribution in [0.2, 0.25) is 0 Å². The standard InChI is InChI=1S/C23H14Br2O2/c24-18-10-6-16(7-11-18)21-14-20(15-4-2-1-3-5-15)23(27-21)22(26)17-8-12-19(25)13-9-17/h1-14H. The van der Waals surface area contributed by atoms with Crippen molar-refractivity contribution in [3.63, 3.8) is 0 Å². The van der Waals surface area contributed by atoms with Crippen LogP contribution in [-0.4, -0.2) is 5.78 Å². The summed E-state index contributed by atoms with van der Waals surface area (Å²) in [6.07, 6.45) is 0. The quantitative estimate of drug-likeness (QED) is 0.285. The molecule has 0 aliphatic carbocycles. The molecule has 0 N–H and O–H groups in total. The number of halogens is 2. The van der Waals surface area contributed by atoms with Crippen molar-refractivity contribution in [1.82, 2.24) is 0 Å². The largest absolute Gasteiger partial charge is 0.452 e. The number of hydrogen-bond donors (Lipinski definition) is 0. The maximum absolute atomic E-state index is 13.1. The molecule has 1 heterocycles. The molecule has 3 aromatic carbocycles. The summed E-state index contributed by atoms with van der Waals surface area (Å²) in [6, 6.07) is 26.9. The van der Waals surface area contributed by atoms with Gasteiger partial charge in [0, 0.05) is 25.6 Å². The Kier molecular flexibility index (Phi) is 5.10. The number of furan rings is 1. The molecule has 2 nitrogen and oxygen atoms in total. The van der Waals surface area contributed by atoms with E-state index in [9.17, 15) is 4.79 Å². The van der Waals surface area contributed by atoms with Crippen molar-refractivity contribution in [1.29, 1.82) is 0 Å². The van der Waals surface area contributed by atoms with Gasteiger partial charge in [-0.25, -0.2) is 0 Å². The van der Waals surface area contributed by atoms with Gasteiger partial charge in [0.2, 0.25) is 5.78 Å². The molecule has 0 saturated heterocycles. The Morgan fingerprint density at radius 3 is 1.93 bits per heavy atom. The lowest BCUT2D eigenvalue weighted by Crippen LogP contribution is -2.01. The van der Waals surface area contributed by atoms with Crippen molar-refractivity contribution in [3.05, 3.63) is 105 Å². The van der Waals surface area contributed by atoms with Crippen molar-refractivity contribution < 1.29 is 9.21 Å². The minimum Gasteiger partial charge on any atom is -0.452 e. The topological polar surface area (TPSA) is 30.2 Å². The van der Waals surface area contributed by atoms with Gasteiger partial charge in [-0.2, -0.15) is 0 Å². The van der Waals surface area contributed by atoms with Crippen LogP contribution in [0.4, 0.5) is 0 Å². The van der Waals surface area contributed by atoms with Crippen molar-refractivity contribution in [3.8, 4) is 22.5 Å². The summed E-state index contributed by atoms with van der Waals surface area (Å²) in [5, 5.41) is 0. The first-order valence-electron chi connectivity index (χ1n) is 8.37. The number of ketones is 1. The second kappa shape index (κ2) is 7.67. The fourth-order valence-electron chi connectivity index (χ4n) is 2.88. The van der Waals surface area contributed by atoms with Crippen molar-refractivity contribution >= 4 is 37.6 Å². The zero-order valence-corrected chi connectivity index (χ0v) is 17.3. The summed E-state index contributed by atoms with van der Waals surface area (Å²) in [6.45, 7) is 0. The Morgan fingerprint density at radius 2 is 1.30 bits per heavy atom. The third-order valence-corrected chi connectivity index (χ3v) is 5.32. The van der Waals surface area contributed by atoms with Crippen LogP contribution < -0.4 is 0 Å². The van der Waals surface area contributed by atoms with Crippen LogP contribution in [0.25, 0.3) is 22.5 Å². The maximum Gasteiger partial charge on any atom is 0.228 e. The Morgan fingerprint density at radius 1 is 0.704 bits per heavy atom. The number of rotatable bonds is 4. The van der Waals surface area contributed by atoms with Crippen LogP contribution in [0.5, 0.6) is 0 Å². The molecule has 0 amide bonds. The minimum absolute atomic E-state index is 0.135. The molecule has 4 rings (SSSR count). The lowest BCUT2D eigenvalue weighted by Gasteiger charge is -2.03. The molecule has 0 radical (unpaired) electrons. The SMILES string of the molecule is O=C(c1ccc(Br)cc1)c1oc(-c2ccc(Br)cc2)cc1-c1ccccc1. The Balaban J connectivity index is 1.84. The molecule has 0 bridgehead atoms. The molecule has 0 aliphatic rings. The van der Waals surface area contributed by atoms with Crippen LogP contribution in [0.15, 0.2) is 98.3 Å². The molecule has 0 fully saturated rings. The maximum atomic E-state index is 13.1. The van der Waals surface area contributed by atoms with E-state index < -0.39 is 0 Å². The van der Waals surface area contributed by atoms with E-state index in [2.05, 4.69) is 31.9 Å². The Hall–Kier alpha value is -2.43. The monoisotopic (exact) mass is 480 g/mol. The second-order valence-electron chi connectivity index (χ2n) is 6.06. The molecule has 0 saturated carbocycles. The van der Waals surface area contributed by atoms with Gasteiger partial charge in [-0.15, -0.1) is 0 Å². The molecule has 0 aliphatic heterocycles.